The third-order valence-electron chi connectivity index (χ3n) is 7.21. The van der Waals surface area contributed by atoms with E-state index in [4.69, 9.17) is 9.47 Å². The van der Waals surface area contributed by atoms with E-state index in [1.54, 1.807) is 13.8 Å². The summed E-state index contributed by atoms with van der Waals surface area (Å²) in [6.07, 6.45) is -0.938. The van der Waals surface area contributed by atoms with Crippen molar-refractivity contribution in [2.75, 3.05) is 6.61 Å². The van der Waals surface area contributed by atoms with E-state index in [9.17, 15) is 32.6 Å². The summed E-state index contributed by atoms with van der Waals surface area (Å²) in [5.41, 5.74) is 0.0953. The second kappa shape index (κ2) is 10.8. The van der Waals surface area contributed by atoms with Crippen molar-refractivity contribution in [3.05, 3.63) is 78.6 Å². The SMILES string of the molecule is CC(C)(O)CCOc1cc(C(F)(F)F)c(-c2ccc(F)c(COC3=C[I-]C=C4C(=C3)CC3C(C(=O)O)C43)c2)cn1. The zero-order valence-corrected chi connectivity index (χ0v) is 23.8. The Morgan fingerprint density at radius 2 is 1.95 bits per heavy atom. The van der Waals surface area contributed by atoms with Gasteiger partial charge in [0.2, 0.25) is 0 Å². The summed E-state index contributed by atoms with van der Waals surface area (Å²) in [7, 11) is 0. The summed E-state index contributed by atoms with van der Waals surface area (Å²) in [5, 5.41) is 19.1. The van der Waals surface area contributed by atoms with E-state index in [1.807, 2.05) is 10.2 Å². The summed E-state index contributed by atoms with van der Waals surface area (Å²) in [6.45, 7) is 2.93. The molecule has 2 saturated carbocycles. The fourth-order valence-electron chi connectivity index (χ4n) is 5.10. The van der Waals surface area contributed by atoms with Gasteiger partial charge in [-0.15, -0.1) is 0 Å². The van der Waals surface area contributed by atoms with E-state index in [0.29, 0.717) is 12.2 Å². The molecule has 3 aliphatic rings. The number of aliphatic hydroxyl groups is 1. The van der Waals surface area contributed by atoms with E-state index in [2.05, 4.69) is 9.07 Å². The quantitative estimate of drug-likeness (QED) is 0.315. The summed E-state index contributed by atoms with van der Waals surface area (Å²) >= 11 is -0.540. The van der Waals surface area contributed by atoms with Gasteiger partial charge in [0.25, 0.3) is 0 Å². The van der Waals surface area contributed by atoms with Crippen molar-refractivity contribution in [2.24, 2.45) is 17.8 Å². The summed E-state index contributed by atoms with van der Waals surface area (Å²) in [4.78, 5) is 15.4. The fourth-order valence-corrected chi connectivity index (χ4v) is 7.19. The second-order valence-electron chi connectivity index (χ2n) is 10.7. The van der Waals surface area contributed by atoms with Crippen LogP contribution in [0.15, 0.2) is 61.6 Å². The number of aromatic nitrogens is 1. The molecule has 1 aromatic heterocycles. The number of benzene rings is 1. The van der Waals surface area contributed by atoms with Gasteiger partial charge in [0, 0.05) is 6.42 Å². The number of halogens is 5. The molecule has 0 amide bonds. The molecule has 40 heavy (non-hydrogen) atoms. The first-order chi connectivity index (χ1) is 18.8. The Balaban J connectivity index is 1.32. The van der Waals surface area contributed by atoms with Gasteiger partial charge in [0.05, 0.1) is 12.2 Å². The van der Waals surface area contributed by atoms with Crippen molar-refractivity contribution in [3.8, 4) is 17.0 Å². The minimum atomic E-state index is -4.72. The van der Waals surface area contributed by atoms with Crippen LogP contribution in [0.1, 0.15) is 37.8 Å². The standard InChI is InChI=1S/C29H27F4INO5/c1-28(2,38)5-6-39-24-10-22(29(31,32)33)21(13-35-24)15-3-4-23(30)17(7-15)14-40-18-8-16-9-19-25(26(19)27(36)37)20(16)12-34-11-18/h3-4,7-8,10-13,19,25-26,38H,5-6,9,14H2,1-2H3,(H,36,37)/q-1. The van der Waals surface area contributed by atoms with Crippen molar-refractivity contribution in [3.63, 3.8) is 0 Å². The first kappa shape index (κ1) is 28.6. The van der Waals surface area contributed by atoms with Gasteiger partial charge in [-0.1, -0.05) is 0 Å². The second-order valence-corrected chi connectivity index (χ2v) is 12.7. The average molecular weight is 672 g/mol. The summed E-state index contributed by atoms with van der Waals surface area (Å²) < 4.78 is 71.9. The molecule has 0 radical (unpaired) electrons. The zero-order chi connectivity index (χ0) is 28.8. The number of fused-ring (bicyclic) bond motifs is 3. The topological polar surface area (TPSA) is 88.9 Å². The molecule has 2 fully saturated rings. The van der Waals surface area contributed by atoms with Crippen LogP contribution in [0.4, 0.5) is 17.6 Å². The van der Waals surface area contributed by atoms with Crippen molar-refractivity contribution in [2.45, 2.75) is 45.1 Å². The van der Waals surface area contributed by atoms with Gasteiger partial charge >= 0.3 is 202 Å². The molecule has 0 bridgehead atoms. The molecule has 2 aromatic rings. The van der Waals surface area contributed by atoms with Gasteiger partial charge in [-0.25, -0.2) is 0 Å². The minimum absolute atomic E-state index is 0.0160. The number of ether oxygens (including phenoxy) is 2. The van der Waals surface area contributed by atoms with Crippen molar-refractivity contribution in [1.29, 1.82) is 0 Å². The Morgan fingerprint density at radius 3 is 2.65 bits per heavy atom. The maximum absolute atomic E-state index is 14.7. The van der Waals surface area contributed by atoms with E-state index in [1.165, 1.54) is 12.1 Å². The number of pyridine rings is 1. The number of nitrogens with zero attached hydrogens (tertiary/aromatic N) is 1. The number of rotatable bonds is 9. The van der Waals surface area contributed by atoms with E-state index < -0.39 is 50.3 Å². The number of carboxylic acid groups (broad SMARTS) is 1. The average Bonchev–Trinajstić information content (AvgIpc) is 3.53. The maximum atomic E-state index is 14.7. The molecule has 3 atom stereocenters. The Labute approximate surface area is 238 Å². The van der Waals surface area contributed by atoms with Crippen LogP contribution in [0.5, 0.6) is 5.88 Å². The predicted molar refractivity (Wildman–Crippen MR) is 133 cm³/mol. The predicted octanol–water partition coefficient (Wildman–Crippen LogP) is 3.07. The fraction of sp³-hybridized carbons (Fsp3) is 0.379. The van der Waals surface area contributed by atoms with Crippen LogP contribution in [0.3, 0.4) is 0 Å². The van der Waals surface area contributed by atoms with Crippen LogP contribution in [0.2, 0.25) is 0 Å². The molecule has 0 saturated heterocycles. The first-order valence-corrected chi connectivity index (χ1v) is 15.1. The van der Waals surface area contributed by atoms with Crippen molar-refractivity contribution in [1.82, 2.24) is 4.98 Å². The molecular weight excluding hydrogens is 645 g/mol. The number of aliphatic carboxylic acids is 1. The third-order valence-corrected chi connectivity index (χ3v) is 9.21. The summed E-state index contributed by atoms with van der Waals surface area (Å²) in [5.74, 6) is -1.21. The van der Waals surface area contributed by atoms with E-state index >= 15 is 0 Å². The van der Waals surface area contributed by atoms with Crippen LogP contribution in [-0.2, 0) is 22.3 Å². The first-order valence-electron chi connectivity index (χ1n) is 12.6. The van der Waals surface area contributed by atoms with Gasteiger partial charge in [-0.2, -0.15) is 0 Å². The molecular formula is C29H27F4INO5-. The normalized spacial score (nSPS) is 22.1. The number of hydrogen-bond acceptors (Lipinski definition) is 5. The van der Waals surface area contributed by atoms with Gasteiger partial charge in [0.1, 0.15) is 0 Å². The van der Waals surface area contributed by atoms with Crippen LogP contribution < -0.4 is 25.9 Å². The van der Waals surface area contributed by atoms with Gasteiger partial charge in [0.15, 0.2) is 0 Å². The van der Waals surface area contributed by atoms with Crippen molar-refractivity contribution >= 4 is 5.97 Å². The van der Waals surface area contributed by atoms with Gasteiger partial charge < -0.3 is 5.11 Å². The molecule has 2 aliphatic carbocycles. The van der Waals surface area contributed by atoms with Gasteiger partial charge in [-0.05, 0) is 13.8 Å². The molecule has 2 N–H and O–H groups in total. The van der Waals surface area contributed by atoms with E-state index in [0.717, 1.165) is 29.5 Å². The molecule has 2 heterocycles. The summed E-state index contributed by atoms with van der Waals surface area (Å²) in [6, 6.07) is 4.49. The van der Waals surface area contributed by atoms with Crippen LogP contribution in [0, 0.1) is 23.6 Å². The number of allylic oxidation sites excluding steroid dienone is 3. The molecule has 214 valence electrons. The van der Waals surface area contributed by atoms with Crippen molar-refractivity contribution < 1.29 is 63.2 Å². The molecule has 0 spiro atoms. The Kier molecular flexibility index (Phi) is 7.73. The Bertz CT molecular complexity index is 1430. The van der Waals surface area contributed by atoms with Gasteiger partial charge in [-0.3, -0.25) is 0 Å². The zero-order valence-electron chi connectivity index (χ0n) is 21.6. The van der Waals surface area contributed by atoms with Crippen LogP contribution >= 0.6 is 0 Å². The number of carbonyl (C=O) groups is 1. The molecule has 1 aromatic carbocycles. The van der Waals surface area contributed by atoms with Crippen LogP contribution in [0.25, 0.3) is 11.1 Å². The molecule has 1 aliphatic heterocycles. The molecule has 11 heteroatoms. The molecule has 6 nitrogen and oxygen atoms in total. The molecule has 3 unspecified atom stereocenters. The Morgan fingerprint density at radius 1 is 1.18 bits per heavy atom. The van der Waals surface area contributed by atoms with Crippen LogP contribution in [-0.4, -0.2) is 33.4 Å². The third kappa shape index (κ3) is 6.19. The number of alkyl halides is 3. The number of carboxylic acids is 1. The molecule has 5 rings (SSSR count). The monoisotopic (exact) mass is 672 g/mol. The Hall–Kier alpha value is -2.93. The van der Waals surface area contributed by atoms with E-state index in [-0.39, 0.29) is 60.0 Å². The number of hydrogen-bond donors (Lipinski definition) is 2.